The van der Waals surface area contributed by atoms with Gasteiger partial charge in [-0.25, -0.2) is 9.48 Å². The molecule has 160 valence electrons. The molecule has 0 radical (unpaired) electrons. The summed E-state index contributed by atoms with van der Waals surface area (Å²) in [5.74, 6) is -1.25. The predicted octanol–water partition coefficient (Wildman–Crippen LogP) is 3.88. The van der Waals surface area contributed by atoms with Gasteiger partial charge in [-0.15, -0.1) is 0 Å². The first-order valence-electron chi connectivity index (χ1n) is 10.2. The molecule has 0 saturated heterocycles. The van der Waals surface area contributed by atoms with Crippen molar-refractivity contribution in [3.63, 3.8) is 0 Å². The van der Waals surface area contributed by atoms with Crippen LogP contribution in [-0.4, -0.2) is 28.3 Å². The maximum absolute atomic E-state index is 12.7. The van der Waals surface area contributed by atoms with Gasteiger partial charge in [0.15, 0.2) is 12.3 Å². The molecule has 1 amide bonds. The van der Waals surface area contributed by atoms with Crippen molar-refractivity contribution >= 4 is 28.3 Å². The maximum atomic E-state index is 12.7. The smallest absolute Gasteiger partial charge is 0.359 e. The van der Waals surface area contributed by atoms with E-state index in [1.807, 2.05) is 48.5 Å². The Morgan fingerprint density at radius 3 is 2.31 bits per heavy atom. The lowest BCUT2D eigenvalue weighted by Crippen LogP contribution is -2.27. The highest BCUT2D eigenvalue weighted by molar-refractivity contribution is 6.03. The number of carbonyl (C=O) groups excluding carboxylic acids is 2. The standard InChI is InChI=1S/C25H21N3O4/c1-2-28-24(30)20-14-7-6-13-19(20)23(27-28)25(31)32-16-22(29)26-21-15-9-8-12-18(21)17-10-4-3-5-11-17/h3-15H,2,16H2,1H3,(H,26,29). The molecule has 0 aliphatic carbocycles. The zero-order chi connectivity index (χ0) is 22.5. The zero-order valence-corrected chi connectivity index (χ0v) is 17.4. The third-order valence-electron chi connectivity index (χ3n) is 4.98. The van der Waals surface area contributed by atoms with Crippen molar-refractivity contribution in [3.05, 3.63) is 94.9 Å². The molecule has 4 rings (SSSR count). The summed E-state index contributed by atoms with van der Waals surface area (Å²) in [5, 5.41) is 7.69. The molecule has 1 N–H and O–H groups in total. The van der Waals surface area contributed by atoms with Crippen LogP contribution in [0.2, 0.25) is 0 Å². The summed E-state index contributed by atoms with van der Waals surface area (Å²) in [6.07, 6.45) is 0. The lowest BCUT2D eigenvalue weighted by Gasteiger charge is -2.12. The summed E-state index contributed by atoms with van der Waals surface area (Å²) < 4.78 is 6.43. The average Bonchev–Trinajstić information content (AvgIpc) is 2.84. The topological polar surface area (TPSA) is 90.3 Å². The summed E-state index contributed by atoms with van der Waals surface area (Å²) in [7, 11) is 0. The number of hydrogen-bond acceptors (Lipinski definition) is 5. The Hall–Kier alpha value is -4.26. The molecule has 0 spiro atoms. The van der Waals surface area contributed by atoms with Gasteiger partial charge in [-0.3, -0.25) is 9.59 Å². The Morgan fingerprint density at radius 2 is 1.56 bits per heavy atom. The van der Waals surface area contributed by atoms with Gasteiger partial charge in [-0.2, -0.15) is 5.10 Å². The number of ether oxygens (including phenoxy) is 1. The molecule has 0 aliphatic heterocycles. The monoisotopic (exact) mass is 427 g/mol. The number of nitrogens with zero attached hydrogens (tertiary/aromatic N) is 2. The van der Waals surface area contributed by atoms with Crippen LogP contribution in [0, 0.1) is 0 Å². The largest absolute Gasteiger partial charge is 0.451 e. The number of carbonyl (C=O) groups is 2. The van der Waals surface area contributed by atoms with E-state index in [-0.39, 0.29) is 11.3 Å². The Labute approximate surface area is 184 Å². The first-order chi connectivity index (χ1) is 15.6. The number of amides is 1. The van der Waals surface area contributed by atoms with E-state index in [0.29, 0.717) is 23.0 Å². The molecule has 0 atom stereocenters. The van der Waals surface area contributed by atoms with Crippen LogP contribution in [0.25, 0.3) is 21.9 Å². The van der Waals surface area contributed by atoms with Crippen LogP contribution < -0.4 is 10.9 Å². The van der Waals surface area contributed by atoms with Gasteiger partial charge in [0.1, 0.15) is 0 Å². The molecule has 1 heterocycles. The Morgan fingerprint density at radius 1 is 0.906 bits per heavy atom. The van der Waals surface area contributed by atoms with Crippen molar-refractivity contribution < 1.29 is 14.3 Å². The minimum absolute atomic E-state index is 0.000430. The number of hydrogen-bond donors (Lipinski definition) is 1. The van der Waals surface area contributed by atoms with Crippen molar-refractivity contribution in [2.24, 2.45) is 0 Å². The molecular weight excluding hydrogens is 406 g/mol. The van der Waals surface area contributed by atoms with Gasteiger partial charge in [-0.1, -0.05) is 66.7 Å². The molecule has 0 unspecified atom stereocenters. The van der Waals surface area contributed by atoms with Crippen molar-refractivity contribution in [3.8, 4) is 11.1 Å². The third kappa shape index (κ3) is 4.27. The van der Waals surface area contributed by atoms with Gasteiger partial charge in [-0.05, 0) is 24.6 Å². The van der Waals surface area contributed by atoms with E-state index in [2.05, 4.69) is 10.4 Å². The highest BCUT2D eigenvalue weighted by Crippen LogP contribution is 2.27. The number of nitrogens with one attached hydrogen (secondary N) is 1. The highest BCUT2D eigenvalue weighted by Gasteiger charge is 2.19. The number of esters is 1. The van der Waals surface area contributed by atoms with Crippen molar-refractivity contribution in [2.45, 2.75) is 13.5 Å². The Balaban J connectivity index is 1.51. The van der Waals surface area contributed by atoms with E-state index >= 15 is 0 Å². The first-order valence-corrected chi connectivity index (χ1v) is 10.2. The fourth-order valence-electron chi connectivity index (χ4n) is 3.45. The normalized spacial score (nSPS) is 10.7. The maximum Gasteiger partial charge on any atom is 0.359 e. The third-order valence-corrected chi connectivity index (χ3v) is 4.98. The second kappa shape index (κ2) is 9.26. The van der Waals surface area contributed by atoms with Crippen LogP contribution >= 0.6 is 0 Å². The van der Waals surface area contributed by atoms with E-state index in [1.165, 1.54) is 4.68 Å². The summed E-state index contributed by atoms with van der Waals surface area (Å²) >= 11 is 0. The molecule has 0 fully saturated rings. The highest BCUT2D eigenvalue weighted by atomic mass is 16.5. The van der Waals surface area contributed by atoms with Crippen LogP contribution in [0.15, 0.2) is 83.7 Å². The minimum Gasteiger partial charge on any atom is -0.451 e. The van der Waals surface area contributed by atoms with Crippen LogP contribution in [0.4, 0.5) is 5.69 Å². The van der Waals surface area contributed by atoms with E-state index in [9.17, 15) is 14.4 Å². The van der Waals surface area contributed by atoms with Crippen molar-refractivity contribution in [2.75, 3.05) is 11.9 Å². The Kier molecular flexibility index (Phi) is 6.07. The number of para-hydroxylation sites is 1. The fraction of sp³-hybridized carbons (Fsp3) is 0.120. The number of rotatable bonds is 6. The Bertz CT molecular complexity index is 1350. The van der Waals surface area contributed by atoms with Gasteiger partial charge in [0.25, 0.3) is 11.5 Å². The van der Waals surface area contributed by atoms with Crippen LogP contribution in [0.1, 0.15) is 17.4 Å². The van der Waals surface area contributed by atoms with E-state index in [0.717, 1.165) is 11.1 Å². The van der Waals surface area contributed by atoms with Crippen LogP contribution in [0.5, 0.6) is 0 Å². The molecule has 0 aliphatic rings. The quantitative estimate of drug-likeness (QED) is 0.472. The minimum atomic E-state index is -0.769. The lowest BCUT2D eigenvalue weighted by molar-refractivity contribution is -0.119. The molecule has 0 saturated carbocycles. The summed E-state index contributed by atoms with van der Waals surface area (Å²) in [4.78, 5) is 37.6. The molecular formula is C25H21N3O4. The summed E-state index contributed by atoms with van der Waals surface area (Å²) in [6.45, 7) is 1.58. The number of benzene rings is 3. The van der Waals surface area contributed by atoms with Gasteiger partial charge < -0.3 is 10.1 Å². The van der Waals surface area contributed by atoms with E-state index in [4.69, 9.17) is 4.74 Å². The second-order valence-corrected chi connectivity index (χ2v) is 7.05. The average molecular weight is 427 g/mol. The van der Waals surface area contributed by atoms with E-state index in [1.54, 1.807) is 37.3 Å². The first kappa shape index (κ1) is 21.0. The second-order valence-electron chi connectivity index (χ2n) is 7.05. The molecule has 32 heavy (non-hydrogen) atoms. The van der Waals surface area contributed by atoms with Crippen LogP contribution in [-0.2, 0) is 16.1 Å². The molecule has 0 bridgehead atoms. The van der Waals surface area contributed by atoms with Gasteiger partial charge in [0.05, 0.1) is 5.39 Å². The SMILES string of the molecule is CCn1nc(C(=O)OCC(=O)Nc2ccccc2-c2ccccc2)c2ccccc2c1=O. The van der Waals surface area contributed by atoms with Crippen molar-refractivity contribution in [1.82, 2.24) is 9.78 Å². The summed E-state index contributed by atoms with van der Waals surface area (Å²) in [6, 6.07) is 23.8. The van der Waals surface area contributed by atoms with Gasteiger partial charge in [0.2, 0.25) is 0 Å². The number of anilines is 1. The lowest BCUT2D eigenvalue weighted by atomic mass is 10.0. The molecule has 7 heteroatoms. The fourth-order valence-corrected chi connectivity index (χ4v) is 3.45. The number of aryl methyl sites for hydroxylation is 1. The van der Waals surface area contributed by atoms with Crippen molar-refractivity contribution in [1.29, 1.82) is 0 Å². The van der Waals surface area contributed by atoms with Gasteiger partial charge in [0, 0.05) is 23.2 Å². The molecule has 1 aromatic heterocycles. The molecule has 4 aromatic rings. The number of aromatic nitrogens is 2. The predicted molar refractivity (Wildman–Crippen MR) is 122 cm³/mol. The van der Waals surface area contributed by atoms with Gasteiger partial charge >= 0.3 is 5.97 Å². The van der Waals surface area contributed by atoms with E-state index < -0.39 is 18.5 Å². The zero-order valence-electron chi connectivity index (χ0n) is 17.4. The number of fused-ring (bicyclic) bond motifs is 1. The summed E-state index contributed by atoms with van der Waals surface area (Å²) in [5.41, 5.74) is 2.14. The molecule has 7 nitrogen and oxygen atoms in total. The van der Waals surface area contributed by atoms with Crippen LogP contribution in [0.3, 0.4) is 0 Å². The molecule has 3 aromatic carbocycles.